The Balaban J connectivity index is 0.00000104. The standard InChI is InChI=1S/C23H37N3O3.C2F6NO4S2/c1-5-8-13-26(14-9-6-2,15-10-7-3)16-17-29-23(28)25-21-12-11-20(4)22(18-21)24-19-27;3-1(4,5)14(10,11)9-15(12,13)2(6,7)8/h11-12,18H,5-10,13-17H2,1-4H3;/q;-1/p+1. The van der Waals surface area contributed by atoms with E-state index >= 15 is 0 Å². The van der Waals surface area contributed by atoms with Gasteiger partial charge in [0.15, 0.2) is 20.0 Å². The molecule has 254 valence electrons. The van der Waals surface area contributed by atoms with E-state index < -0.39 is 37.2 Å². The van der Waals surface area contributed by atoms with Gasteiger partial charge in [-0.2, -0.15) is 31.3 Å². The van der Waals surface area contributed by atoms with E-state index in [0.717, 1.165) is 40.4 Å². The zero-order valence-electron chi connectivity index (χ0n) is 24.8. The number of quaternary nitrogens is 1. The Hall–Kier alpha value is -2.73. The average Bonchev–Trinajstić information content (AvgIpc) is 2.90. The first-order chi connectivity index (χ1) is 20.2. The lowest BCUT2D eigenvalue weighted by atomic mass is 10.1. The van der Waals surface area contributed by atoms with E-state index in [0.29, 0.717) is 18.0 Å². The van der Waals surface area contributed by atoms with Crippen molar-refractivity contribution in [3.05, 3.63) is 27.9 Å². The molecule has 1 aromatic carbocycles. The number of carbonyl (C=O) groups excluding carboxylic acids is 2. The van der Waals surface area contributed by atoms with Gasteiger partial charge in [0.05, 0.1) is 25.3 Å². The van der Waals surface area contributed by atoms with Crippen LogP contribution in [0.5, 0.6) is 0 Å². The van der Waals surface area contributed by atoms with Gasteiger partial charge in [-0.1, -0.05) is 46.1 Å². The molecule has 0 aromatic heterocycles. The van der Waals surface area contributed by atoms with Crippen LogP contribution in [0, 0.1) is 6.92 Å². The Bertz CT molecular complexity index is 1250. The van der Waals surface area contributed by atoms with Crippen molar-refractivity contribution < 1.29 is 62.0 Å². The molecule has 0 saturated carbocycles. The molecule has 0 aliphatic rings. The van der Waals surface area contributed by atoms with Crippen LogP contribution >= 0.6 is 0 Å². The van der Waals surface area contributed by atoms with Crippen LogP contribution in [0.1, 0.15) is 64.9 Å². The summed E-state index contributed by atoms with van der Waals surface area (Å²) in [4.78, 5) is 26.4. The molecule has 1 amide bonds. The van der Waals surface area contributed by atoms with Crippen LogP contribution < -0.4 is 5.32 Å². The molecule has 0 unspecified atom stereocenters. The minimum absolute atomic E-state index is 0.397. The van der Waals surface area contributed by atoms with Crippen molar-refractivity contribution in [2.24, 2.45) is 4.99 Å². The first-order valence-electron chi connectivity index (χ1n) is 13.5. The van der Waals surface area contributed by atoms with Crippen LogP contribution in [0.15, 0.2) is 23.2 Å². The van der Waals surface area contributed by atoms with E-state index in [4.69, 9.17) is 4.74 Å². The molecule has 1 rings (SSSR count). The maximum atomic E-state index is 12.2. The minimum Gasteiger partial charge on any atom is -0.443 e. The smallest absolute Gasteiger partial charge is 0.443 e. The zero-order valence-corrected chi connectivity index (χ0v) is 26.4. The number of sulfonamides is 2. The molecule has 0 fully saturated rings. The number of nitrogens with one attached hydrogen (secondary N) is 1. The van der Waals surface area contributed by atoms with E-state index in [2.05, 4.69) is 31.1 Å². The molecule has 1 aromatic rings. The molecular formula is C25H38F6N4O7S2. The average molecular weight is 685 g/mol. The van der Waals surface area contributed by atoms with Crippen LogP contribution in [-0.4, -0.2) is 77.3 Å². The number of unbranched alkanes of at least 4 members (excludes halogenated alkanes) is 3. The van der Waals surface area contributed by atoms with E-state index in [9.17, 15) is 52.8 Å². The lowest BCUT2D eigenvalue weighted by Crippen LogP contribution is -2.52. The second-order valence-corrected chi connectivity index (χ2v) is 13.1. The molecule has 0 aliphatic heterocycles. The molecule has 0 saturated heterocycles. The zero-order chi connectivity index (χ0) is 34.2. The maximum absolute atomic E-state index is 12.2. The third-order valence-electron chi connectivity index (χ3n) is 6.16. The van der Waals surface area contributed by atoms with E-state index in [1.807, 2.05) is 6.92 Å². The Morgan fingerprint density at radius 3 is 1.73 bits per heavy atom. The largest absolute Gasteiger partial charge is 0.480 e. The van der Waals surface area contributed by atoms with Crippen molar-refractivity contribution >= 4 is 43.6 Å². The Morgan fingerprint density at radius 1 is 0.886 bits per heavy atom. The number of nitrogens with zero attached hydrogens (tertiary/aromatic N) is 3. The molecular weight excluding hydrogens is 646 g/mol. The number of hydrogen-bond acceptors (Lipinski definition) is 8. The first-order valence-corrected chi connectivity index (χ1v) is 16.4. The predicted molar refractivity (Wildman–Crippen MR) is 152 cm³/mol. The van der Waals surface area contributed by atoms with Crippen molar-refractivity contribution in [1.29, 1.82) is 0 Å². The number of benzene rings is 1. The van der Waals surface area contributed by atoms with E-state index in [1.165, 1.54) is 44.6 Å². The molecule has 19 heteroatoms. The maximum Gasteiger partial charge on any atom is 0.480 e. The topological polar surface area (TPSA) is 150 Å². The fraction of sp³-hybridized carbons (Fsp3) is 0.680. The summed E-state index contributed by atoms with van der Waals surface area (Å²) in [5.74, 6) is 0. The Labute approximate surface area is 253 Å². The molecule has 0 heterocycles. The fourth-order valence-electron chi connectivity index (χ4n) is 3.71. The van der Waals surface area contributed by atoms with Crippen molar-refractivity contribution in [2.75, 3.05) is 38.1 Å². The molecule has 1 N–H and O–H groups in total. The number of anilines is 1. The van der Waals surface area contributed by atoms with Gasteiger partial charge < -0.3 is 13.3 Å². The Morgan fingerprint density at radius 2 is 1.34 bits per heavy atom. The lowest BCUT2D eigenvalue weighted by Gasteiger charge is -2.39. The molecule has 0 aliphatic carbocycles. The third kappa shape index (κ3) is 14.4. The van der Waals surface area contributed by atoms with Gasteiger partial charge in [-0.15, -0.1) is 0 Å². The van der Waals surface area contributed by atoms with Crippen LogP contribution in [0.3, 0.4) is 0 Å². The number of carbonyl (C=O) groups is 1. The molecule has 0 atom stereocenters. The van der Waals surface area contributed by atoms with Gasteiger partial charge in [0.1, 0.15) is 13.2 Å². The molecule has 11 nitrogen and oxygen atoms in total. The van der Waals surface area contributed by atoms with Gasteiger partial charge in [-0.25, -0.2) is 26.4 Å². The highest BCUT2D eigenvalue weighted by atomic mass is 32.3. The normalized spacial score (nSPS) is 12.5. The predicted octanol–water partition coefficient (Wildman–Crippen LogP) is 6.79. The molecule has 0 spiro atoms. The highest BCUT2D eigenvalue weighted by molar-refractivity contribution is 8.13. The number of isocyanates is 1. The summed E-state index contributed by atoms with van der Waals surface area (Å²) in [6, 6.07) is 5.21. The monoisotopic (exact) mass is 684 g/mol. The summed E-state index contributed by atoms with van der Waals surface area (Å²) in [6.45, 7) is 13.2. The number of aryl methyl sites for hydroxylation is 1. The van der Waals surface area contributed by atoms with Crippen molar-refractivity contribution in [3.63, 3.8) is 0 Å². The first kappa shape index (κ1) is 41.3. The van der Waals surface area contributed by atoms with Gasteiger partial charge in [0, 0.05) is 5.69 Å². The summed E-state index contributed by atoms with van der Waals surface area (Å²) in [6.07, 6.45) is 8.19. The van der Waals surface area contributed by atoms with E-state index in [-0.39, 0.29) is 0 Å². The quantitative estimate of drug-likeness (QED) is 0.0872. The van der Waals surface area contributed by atoms with Crippen molar-refractivity contribution in [2.45, 2.75) is 77.2 Å². The van der Waals surface area contributed by atoms with Gasteiger partial charge in [-0.3, -0.25) is 5.32 Å². The van der Waals surface area contributed by atoms with Crippen LogP contribution in [0.25, 0.3) is 4.13 Å². The van der Waals surface area contributed by atoms with Gasteiger partial charge in [0.2, 0.25) is 6.08 Å². The summed E-state index contributed by atoms with van der Waals surface area (Å²) >= 11 is 0. The molecule has 0 bridgehead atoms. The van der Waals surface area contributed by atoms with Gasteiger partial charge >= 0.3 is 17.1 Å². The van der Waals surface area contributed by atoms with Crippen molar-refractivity contribution in [3.8, 4) is 0 Å². The third-order valence-corrected chi connectivity index (χ3v) is 8.90. The van der Waals surface area contributed by atoms with Crippen LogP contribution in [0.4, 0.5) is 42.5 Å². The highest BCUT2D eigenvalue weighted by Gasteiger charge is 2.47. The number of ether oxygens (including phenoxy) is 1. The lowest BCUT2D eigenvalue weighted by molar-refractivity contribution is -0.929. The van der Waals surface area contributed by atoms with Crippen LogP contribution in [0.2, 0.25) is 0 Å². The fourth-order valence-corrected chi connectivity index (χ4v) is 5.42. The summed E-state index contributed by atoms with van der Waals surface area (Å²) in [5.41, 5.74) is -10.5. The summed E-state index contributed by atoms with van der Waals surface area (Å²) in [7, 11) is -13.4. The minimum atomic E-state index is -6.72. The molecule has 44 heavy (non-hydrogen) atoms. The number of hydrogen-bond donors (Lipinski definition) is 1. The summed E-state index contributed by atoms with van der Waals surface area (Å²) < 4.78 is 116. The second-order valence-electron chi connectivity index (χ2n) is 9.68. The van der Waals surface area contributed by atoms with E-state index in [1.54, 1.807) is 18.2 Å². The van der Waals surface area contributed by atoms with Gasteiger partial charge in [-0.05, 0) is 43.9 Å². The number of aliphatic imine (C=N–C) groups is 1. The van der Waals surface area contributed by atoms with Crippen molar-refractivity contribution in [1.82, 2.24) is 0 Å². The van der Waals surface area contributed by atoms with Crippen LogP contribution in [-0.2, 0) is 29.6 Å². The SMILES string of the molecule is CCCC[N+](CCCC)(CCCC)CCOC(=O)Nc1ccc(C)c(N=C=O)c1.O=S(=O)([N-]S(=O)(=O)C(F)(F)F)C(F)(F)F. The number of rotatable bonds is 16. The Kier molecular flexibility index (Phi) is 17.2. The second kappa shape index (κ2) is 18.3. The highest BCUT2D eigenvalue weighted by Crippen LogP contribution is 2.36. The number of halogens is 6. The number of amides is 1. The number of alkyl halides is 6. The molecule has 0 radical (unpaired) electrons. The summed E-state index contributed by atoms with van der Waals surface area (Å²) in [5, 5.41) is 2.73. The van der Waals surface area contributed by atoms with Gasteiger partial charge in [0.25, 0.3) is 0 Å².